The molecule has 0 unspecified atom stereocenters. The van der Waals surface area contributed by atoms with Crippen LogP contribution in [-0.2, 0) is 17.8 Å². The van der Waals surface area contributed by atoms with Crippen LogP contribution in [-0.4, -0.2) is 66.9 Å². The summed E-state index contributed by atoms with van der Waals surface area (Å²) in [5.74, 6) is 0. The highest BCUT2D eigenvalue weighted by atomic mass is 16.5. The molecule has 3 rings (SSSR count). The van der Waals surface area contributed by atoms with Crippen molar-refractivity contribution in [2.45, 2.75) is 57.0 Å². The maximum atomic E-state index is 9.26. The third-order valence-electron chi connectivity index (χ3n) is 5.64. The molecule has 2 heterocycles. The van der Waals surface area contributed by atoms with Crippen LogP contribution in [0.25, 0.3) is 0 Å². The van der Waals surface area contributed by atoms with Crippen molar-refractivity contribution >= 4 is 0 Å². The Balaban J connectivity index is 1.45. The Kier molecular flexibility index (Phi) is 6.28. The van der Waals surface area contributed by atoms with Crippen LogP contribution in [0.15, 0.2) is 24.3 Å². The van der Waals surface area contributed by atoms with E-state index in [4.69, 9.17) is 4.74 Å². The molecule has 4 nitrogen and oxygen atoms in total. The number of piperidine rings is 1. The summed E-state index contributed by atoms with van der Waals surface area (Å²) in [5, 5.41) is 9.26. The number of ether oxygens (including phenoxy) is 1. The summed E-state index contributed by atoms with van der Waals surface area (Å²) in [6.07, 6.45) is 6.53. The number of rotatable bonds is 6. The second kappa shape index (κ2) is 8.43. The van der Waals surface area contributed by atoms with E-state index in [2.05, 4.69) is 36.0 Å². The van der Waals surface area contributed by atoms with Crippen LogP contribution >= 0.6 is 0 Å². The first-order chi connectivity index (χ1) is 11.6. The molecule has 0 radical (unpaired) electrons. The first kappa shape index (κ1) is 17.9. The van der Waals surface area contributed by atoms with Gasteiger partial charge < -0.3 is 19.6 Å². The van der Waals surface area contributed by atoms with Crippen LogP contribution < -0.4 is 0 Å². The van der Waals surface area contributed by atoms with Crippen LogP contribution in [0.4, 0.5) is 0 Å². The number of benzene rings is 1. The monoisotopic (exact) mass is 332 g/mol. The first-order valence-corrected chi connectivity index (χ1v) is 9.37. The zero-order valence-electron chi connectivity index (χ0n) is 15.2. The minimum absolute atomic E-state index is 0.114. The number of aliphatic hydroxyl groups excluding tert-OH is 1. The predicted octanol–water partition coefficient (Wildman–Crippen LogP) is 2.29. The molecular formula is C20H32N2O2. The van der Waals surface area contributed by atoms with Gasteiger partial charge in [-0.25, -0.2) is 0 Å². The van der Waals surface area contributed by atoms with Crippen molar-refractivity contribution < 1.29 is 9.84 Å². The minimum atomic E-state index is 0.114. The largest absolute Gasteiger partial charge is 0.392 e. The lowest BCUT2D eigenvalue weighted by Crippen LogP contribution is -2.44. The molecule has 2 aliphatic rings. The zero-order valence-corrected chi connectivity index (χ0v) is 15.2. The summed E-state index contributed by atoms with van der Waals surface area (Å²) >= 11 is 0. The smallest absolute Gasteiger partial charge is 0.0706 e. The van der Waals surface area contributed by atoms with Crippen molar-refractivity contribution in [3.05, 3.63) is 35.4 Å². The Hall–Kier alpha value is -0.940. The lowest BCUT2D eigenvalue weighted by molar-refractivity contribution is 0.0144. The third kappa shape index (κ3) is 4.79. The van der Waals surface area contributed by atoms with Gasteiger partial charge in [-0.05, 0) is 70.4 Å². The maximum absolute atomic E-state index is 9.26. The van der Waals surface area contributed by atoms with Crippen molar-refractivity contribution in [1.82, 2.24) is 9.80 Å². The second-order valence-corrected chi connectivity index (χ2v) is 7.61. The summed E-state index contributed by atoms with van der Waals surface area (Å²) in [4.78, 5) is 4.94. The molecule has 134 valence electrons. The van der Waals surface area contributed by atoms with Crippen LogP contribution in [0.5, 0.6) is 0 Å². The van der Waals surface area contributed by atoms with E-state index >= 15 is 0 Å². The van der Waals surface area contributed by atoms with Gasteiger partial charge in [0, 0.05) is 12.6 Å². The van der Waals surface area contributed by atoms with Crippen molar-refractivity contribution in [2.75, 3.05) is 33.7 Å². The summed E-state index contributed by atoms with van der Waals surface area (Å²) < 4.78 is 6.31. The average molecular weight is 332 g/mol. The molecular weight excluding hydrogens is 300 g/mol. The highest BCUT2D eigenvalue weighted by Gasteiger charge is 2.29. The standard InChI is InChI=1S/C20H32N2O2/c1-21-10-8-18(9-11-21)22(2)14-20-7-6-19(24-20)13-16-4-3-5-17(12-16)15-23/h3-5,12,18-20,23H,6-11,13-15H2,1-2H3/t19-,20+/m0/s1. The summed E-state index contributed by atoms with van der Waals surface area (Å²) in [6.45, 7) is 3.60. The van der Waals surface area contributed by atoms with Crippen LogP contribution in [0.3, 0.4) is 0 Å². The molecule has 0 aromatic heterocycles. The molecule has 2 fully saturated rings. The fourth-order valence-electron chi connectivity index (χ4n) is 4.09. The van der Waals surface area contributed by atoms with Crippen molar-refractivity contribution in [2.24, 2.45) is 0 Å². The van der Waals surface area contributed by atoms with Gasteiger partial charge in [0.15, 0.2) is 0 Å². The highest BCUT2D eigenvalue weighted by molar-refractivity contribution is 5.23. The van der Waals surface area contributed by atoms with Gasteiger partial charge in [-0.2, -0.15) is 0 Å². The van der Waals surface area contributed by atoms with Gasteiger partial charge in [-0.1, -0.05) is 24.3 Å². The van der Waals surface area contributed by atoms with Crippen molar-refractivity contribution in [1.29, 1.82) is 0 Å². The Morgan fingerprint density at radius 2 is 1.83 bits per heavy atom. The molecule has 1 aromatic carbocycles. The number of likely N-dealkylation sites (tertiary alicyclic amines) is 1. The predicted molar refractivity (Wildman–Crippen MR) is 97.1 cm³/mol. The van der Waals surface area contributed by atoms with E-state index < -0.39 is 0 Å². The van der Waals surface area contributed by atoms with Gasteiger partial charge >= 0.3 is 0 Å². The highest BCUT2D eigenvalue weighted by Crippen LogP contribution is 2.25. The number of hydrogen-bond donors (Lipinski definition) is 1. The zero-order chi connectivity index (χ0) is 16.9. The lowest BCUT2D eigenvalue weighted by Gasteiger charge is -2.36. The Bertz CT molecular complexity index is 514. The molecule has 4 heteroatoms. The SMILES string of the molecule is CN1CCC(N(C)C[C@H]2CC[C@@H](Cc3cccc(CO)c3)O2)CC1. The van der Waals surface area contributed by atoms with E-state index in [1.165, 1.54) is 37.9 Å². The summed E-state index contributed by atoms with van der Waals surface area (Å²) in [5.41, 5.74) is 2.26. The molecule has 2 saturated heterocycles. The van der Waals surface area contributed by atoms with E-state index in [9.17, 15) is 5.11 Å². The molecule has 0 amide bonds. The average Bonchev–Trinajstić information content (AvgIpc) is 3.02. The Labute approximate surface area is 146 Å². The van der Waals surface area contributed by atoms with E-state index in [-0.39, 0.29) is 6.61 Å². The van der Waals surface area contributed by atoms with Gasteiger partial charge in [-0.3, -0.25) is 0 Å². The number of likely N-dealkylation sites (N-methyl/N-ethyl adjacent to an activating group) is 1. The molecule has 24 heavy (non-hydrogen) atoms. The second-order valence-electron chi connectivity index (χ2n) is 7.61. The van der Waals surface area contributed by atoms with Crippen LogP contribution in [0.2, 0.25) is 0 Å². The van der Waals surface area contributed by atoms with Gasteiger partial charge in [0.25, 0.3) is 0 Å². The third-order valence-corrected chi connectivity index (χ3v) is 5.64. The molecule has 2 aliphatic heterocycles. The fourth-order valence-corrected chi connectivity index (χ4v) is 4.09. The Morgan fingerprint density at radius 1 is 1.12 bits per heavy atom. The molecule has 0 bridgehead atoms. The van der Waals surface area contributed by atoms with E-state index in [0.717, 1.165) is 24.9 Å². The molecule has 2 atom stereocenters. The molecule has 0 saturated carbocycles. The minimum Gasteiger partial charge on any atom is -0.392 e. The molecule has 1 aromatic rings. The van der Waals surface area contributed by atoms with E-state index in [1.54, 1.807) is 0 Å². The van der Waals surface area contributed by atoms with Crippen LogP contribution in [0, 0.1) is 0 Å². The normalized spacial score (nSPS) is 26.3. The van der Waals surface area contributed by atoms with Crippen LogP contribution in [0.1, 0.15) is 36.8 Å². The number of nitrogens with zero attached hydrogens (tertiary/aromatic N) is 2. The summed E-state index contributed by atoms with van der Waals surface area (Å²) in [6, 6.07) is 8.95. The van der Waals surface area contributed by atoms with Crippen molar-refractivity contribution in [3.8, 4) is 0 Å². The lowest BCUT2D eigenvalue weighted by atomic mass is 10.0. The maximum Gasteiger partial charge on any atom is 0.0706 e. The summed E-state index contributed by atoms with van der Waals surface area (Å²) in [7, 11) is 4.48. The fraction of sp³-hybridized carbons (Fsp3) is 0.700. The number of hydrogen-bond acceptors (Lipinski definition) is 4. The Morgan fingerprint density at radius 3 is 2.58 bits per heavy atom. The molecule has 1 N–H and O–H groups in total. The number of aliphatic hydroxyl groups is 1. The van der Waals surface area contributed by atoms with E-state index in [1.807, 2.05) is 12.1 Å². The molecule has 0 spiro atoms. The van der Waals surface area contributed by atoms with Gasteiger partial charge in [0.2, 0.25) is 0 Å². The topological polar surface area (TPSA) is 35.9 Å². The quantitative estimate of drug-likeness (QED) is 0.867. The first-order valence-electron chi connectivity index (χ1n) is 9.37. The van der Waals surface area contributed by atoms with Crippen molar-refractivity contribution in [3.63, 3.8) is 0 Å². The van der Waals surface area contributed by atoms with Gasteiger partial charge in [0.05, 0.1) is 18.8 Å². The molecule has 0 aliphatic carbocycles. The van der Waals surface area contributed by atoms with E-state index in [0.29, 0.717) is 18.2 Å². The van der Waals surface area contributed by atoms with Gasteiger partial charge in [-0.15, -0.1) is 0 Å². The van der Waals surface area contributed by atoms with Gasteiger partial charge in [0.1, 0.15) is 0 Å².